The van der Waals surface area contributed by atoms with Gasteiger partial charge in [0.15, 0.2) is 6.29 Å². The molecule has 92 valence electrons. The molecule has 0 saturated carbocycles. The van der Waals surface area contributed by atoms with Crippen LogP contribution in [0.15, 0.2) is 0 Å². The average molecular weight is 219 g/mol. The van der Waals surface area contributed by atoms with Crippen molar-refractivity contribution >= 4 is 0 Å². The van der Waals surface area contributed by atoms with Crippen molar-refractivity contribution in [3.63, 3.8) is 0 Å². The van der Waals surface area contributed by atoms with Crippen LogP contribution in [0.25, 0.3) is 0 Å². The predicted molar refractivity (Wildman–Crippen MR) is 60.6 cm³/mol. The zero-order valence-electron chi connectivity index (χ0n) is 10.5. The lowest BCUT2D eigenvalue weighted by Crippen LogP contribution is -2.58. The van der Waals surface area contributed by atoms with Crippen molar-refractivity contribution in [1.29, 1.82) is 0 Å². The number of methoxy groups -OCH3 is 1. The fourth-order valence-corrected chi connectivity index (χ4v) is 1.61. The van der Waals surface area contributed by atoms with Gasteiger partial charge in [-0.3, -0.25) is 0 Å². The maximum Gasteiger partial charge on any atom is 0.158 e. The molecule has 15 heavy (non-hydrogen) atoms. The van der Waals surface area contributed by atoms with E-state index in [1.54, 1.807) is 7.11 Å². The van der Waals surface area contributed by atoms with E-state index >= 15 is 0 Å². The standard InChI is InChI=1S/C11H25NO3/c1-6-11(4,9(13)14)10(2,3)12-7-8-15-5/h9,12-14H,6-8H2,1-5H3. The first-order chi connectivity index (χ1) is 6.81. The van der Waals surface area contributed by atoms with E-state index < -0.39 is 11.7 Å². The summed E-state index contributed by atoms with van der Waals surface area (Å²) in [5, 5.41) is 22.2. The van der Waals surface area contributed by atoms with E-state index in [0.29, 0.717) is 19.6 Å². The summed E-state index contributed by atoms with van der Waals surface area (Å²) in [4.78, 5) is 0. The Kier molecular flexibility index (Phi) is 5.73. The van der Waals surface area contributed by atoms with E-state index in [0.717, 1.165) is 0 Å². The molecule has 0 fully saturated rings. The molecule has 0 aliphatic rings. The molecule has 0 spiro atoms. The number of aliphatic hydroxyl groups is 2. The van der Waals surface area contributed by atoms with Crippen molar-refractivity contribution in [2.75, 3.05) is 20.3 Å². The first-order valence-corrected chi connectivity index (χ1v) is 5.42. The SMILES string of the molecule is CCC(C)(C(O)O)C(C)(C)NCCOC. The zero-order valence-corrected chi connectivity index (χ0v) is 10.5. The Morgan fingerprint density at radius 3 is 2.13 bits per heavy atom. The highest BCUT2D eigenvalue weighted by molar-refractivity contribution is 4.96. The number of aliphatic hydroxyl groups excluding tert-OH is 1. The maximum atomic E-state index is 9.45. The van der Waals surface area contributed by atoms with Gasteiger partial charge in [-0.15, -0.1) is 0 Å². The van der Waals surface area contributed by atoms with Gasteiger partial charge in [-0.05, 0) is 20.3 Å². The average Bonchev–Trinajstić information content (AvgIpc) is 2.16. The molecular formula is C11H25NO3. The van der Waals surface area contributed by atoms with Crippen LogP contribution in [0, 0.1) is 5.41 Å². The molecule has 1 atom stereocenters. The molecule has 0 saturated heterocycles. The van der Waals surface area contributed by atoms with Gasteiger partial charge in [0.1, 0.15) is 0 Å². The predicted octanol–water partition coefficient (Wildman–Crippen LogP) is 0.728. The summed E-state index contributed by atoms with van der Waals surface area (Å²) < 4.78 is 4.96. The molecule has 0 aromatic rings. The van der Waals surface area contributed by atoms with Crippen molar-refractivity contribution in [1.82, 2.24) is 5.32 Å². The van der Waals surface area contributed by atoms with Gasteiger partial charge < -0.3 is 20.3 Å². The van der Waals surface area contributed by atoms with Crippen LogP contribution in [0.1, 0.15) is 34.1 Å². The Hall–Kier alpha value is -0.160. The zero-order chi connectivity index (χ0) is 12.1. The molecule has 4 nitrogen and oxygen atoms in total. The Balaban J connectivity index is 4.51. The van der Waals surface area contributed by atoms with E-state index in [9.17, 15) is 10.2 Å². The van der Waals surface area contributed by atoms with E-state index in [2.05, 4.69) is 5.32 Å². The van der Waals surface area contributed by atoms with E-state index in [1.165, 1.54) is 0 Å². The lowest BCUT2D eigenvalue weighted by molar-refractivity contribution is -0.159. The molecule has 0 rings (SSSR count). The molecule has 0 radical (unpaired) electrons. The topological polar surface area (TPSA) is 61.7 Å². The third-order valence-corrected chi connectivity index (χ3v) is 3.61. The summed E-state index contributed by atoms with van der Waals surface area (Å²) >= 11 is 0. The first kappa shape index (κ1) is 14.8. The summed E-state index contributed by atoms with van der Waals surface area (Å²) in [6.07, 6.45) is -0.634. The minimum absolute atomic E-state index is 0.353. The van der Waals surface area contributed by atoms with Crippen LogP contribution in [-0.2, 0) is 4.74 Å². The number of hydrogen-bond acceptors (Lipinski definition) is 4. The molecule has 0 aromatic carbocycles. The van der Waals surface area contributed by atoms with Crippen LogP contribution in [0.2, 0.25) is 0 Å². The van der Waals surface area contributed by atoms with Crippen LogP contribution in [-0.4, -0.2) is 42.3 Å². The van der Waals surface area contributed by atoms with Gasteiger partial charge in [0.25, 0.3) is 0 Å². The molecule has 0 heterocycles. The van der Waals surface area contributed by atoms with Gasteiger partial charge in [0.05, 0.1) is 6.61 Å². The molecule has 0 aliphatic carbocycles. The highest BCUT2D eigenvalue weighted by Crippen LogP contribution is 2.36. The fraction of sp³-hybridized carbons (Fsp3) is 1.00. The first-order valence-electron chi connectivity index (χ1n) is 5.42. The minimum atomic E-state index is -1.33. The van der Waals surface area contributed by atoms with E-state index in [-0.39, 0.29) is 5.54 Å². The van der Waals surface area contributed by atoms with Gasteiger partial charge in [0, 0.05) is 24.6 Å². The smallest absolute Gasteiger partial charge is 0.158 e. The quantitative estimate of drug-likeness (QED) is 0.436. The lowest BCUT2D eigenvalue weighted by atomic mass is 9.70. The van der Waals surface area contributed by atoms with Crippen LogP contribution in [0.5, 0.6) is 0 Å². The molecule has 1 unspecified atom stereocenters. The molecule has 0 amide bonds. The van der Waals surface area contributed by atoms with Crippen LogP contribution < -0.4 is 5.32 Å². The second-order valence-corrected chi connectivity index (χ2v) is 4.69. The van der Waals surface area contributed by atoms with Gasteiger partial charge in [0.2, 0.25) is 0 Å². The van der Waals surface area contributed by atoms with Crippen LogP contribution in [0.3, 0.4) is 0 Å². The Morgan fingerprint density at radius 1 is 1.27 bits per heavy atom. The number of rotatable bonds is 7. The maximum absolute atomic E-state index is 9.45. The molecule has 0 bridgehead atoms. The summed E-state index contributed by atoms with van der Waals surface area (Å²) in [5.74, 6) is 0. The molecule has 0 aromatic heterocycles. The van der Waals surface area contributed by atoms with Gasteiger partial charge in [-0.2, -0.15) is 0 Å². The number of nitrogens with one attached hydrogen (secondary N) is 1. The largest absolute Gasteiger partial charge is 0.383 e. The van der Waals surface area contributed by atoms with Crippen LogP contribution >= 0.6 is 0 Å². The van der Waals surface area contributed by atoms with Crippen molar-refractivity contribution in [2.45, 2.75) is 45.9 Å². The highest BCUT2D eigenvalue weighted by atomic mass is 16.5. The summed E-state index contributed by atoms with van der Waals surface area (Å²) in [6.45, 7) is 9.10. The fourth-order valence-electron chi connectivity index (χ4n) is 1.61. The third kappa shape index (κ3) is 3.41. The van der Waals surface area contributed by atoms with Crippen LogP contribution in [0.4, 0.5) is 0 Å². The Bertz CT molecular complexity index is 183. The monoisotopic (exact) mass is 219 g/mol. The third-order valence-electron chi connectivity index (χ3n) is 3.61. The molecular weight excluding hydrogens is 194 g/mol. The van der Waals surface area contributed by atoms with Crippen molar-refractivity contribution in [3.8, 4) is 0 Å². The normalized spacial score (nSPS) is 16.8. The van der Waals surface area contributed by atoms with E-state index in [4.69, 9.17) is 4.74 Å². The summed E-state index contributed by atoms with van der Waals surface area (Å²) in [7, 11) is 1.65. The Morgan fingerprint density at radius 2 is 1.80 bits per heavy atom. The second kappa shape index (κ2) is 5.80. The minimum Gasteiger partial charge on any atom is -0.383 e. The highest BCUT2D eigenvalue weighted by Gasteiger charge is 2.44. The summed E-state index contributed by atoms with van der Waals surface area (Å²) in [5.41, 5.74) is -0.921. The van der Waals surface area contributed by atoms with Gasteiger partial charge in [-0.25, -0.2) is 0 Å². The van der Waals surface area contributed by atoms with E-state index in [1.807, 2.05) is 27.7 Å². The number of ether oxygens (including phenoxy) is 1. The van der Waals surface area contributed by atoms with Gasteiger partial charge in [-0.1, -0.05) is 13.8 Å². The van der Waals surface area contributed by atoms with Crippen molar-refractivity contribution < 1.29 is 14.9 Å². The van der Waals surface area contributed by atoms with Gasteiger partial charge >= 0.3 is 0 Å². The van der Waals surface area contributed by atoms with Crippen molar-refractivity contribution in [3.05, 3.63) is 0 Å². The lowest BCUT2D eigenvalue weighted by Gasteiger charge is -2.45. The molecule has 3 N–H and O–H groups in total. The second-order valence-electron chi connectivity index (χ2n) is 4.69. The number of hydrogen-bond donors (Lipinski definition) is 3. The van der Waals surface area contributed by atoms with Crippen molar-refractivity contribution in [2.24, 2.45) is 5.41 Å². The Labute approximate surface area is 92.6 Å². The molecule has 0 aliphatic heterocycles. The molecule has 4 heteroatoms. The summed E-state index contributed by atoms with van der Waals surface area (Å²) in [6, 6.07) is 0.